The molecule has 1 aromatic heterocycles. The van der Waals surface area contributed by atoms with Crippen molar-refractivity contribution in [1.29, 1.82) is 5.26 Å². The van der Waals surface area contributed by atoms with Crippen LogP contribution in [0.25, 0.3) is 61.2 Å². The van der Waals surface area contributed by atoms with Crippen LogP contribution in [0, 0.1) is 11.3 Å². The van der Waals surface area contributed by atoms with Crippen LogP contribution in [-0.4, -0.2) is 0 Å². The van der Waals surface area contributed by atoms with Crippen molar-refractivity contribution in [3.8, 4) is 39.4 Å². The first-order valence-electron chi connectivity index (χ1n) is 12.6. The second kappa shape index (κ2) is 8.66. The maximum atomic E-state index is 9.08. The third-order valence-electron chi connectivity index (χ3n) is 7.37. The molecule has 0 N–H and O–H groups in total. The van der Waals surface area contributed by atoms with Crippen molar-refractivity contribution < 1.29 is 4.42 Å². The molecule has 174 valence electrons. The Kier molecular flexibility index (Phi) is 5.01. The van der Waals surface area contributed by atoms with Gasteiger partial charge in [-0.05, 0) is 87.8 Å². The molecule has 0 fully saturated rings. The summed E-state index contributed by atoms with van der Waals surface area (Å²) in [4.78, 5) is 0. The summed E-state index contributed by atoms with van der Waals surface area (Å²) >= 11 is 0. The number of allylic oxidation sites excluding steroid dienone is 1. The Morgan fingerprint density at radius 3 is 2.14 bits per heavy atom. The van der Waals surface area contributed by atoms with Crippen LogP contribution in [-0.2, 0) is 6.42 Å². The monoisotopic (exact) mass is 473 g/mol. The Labute approximate surface area is 215 Å². The number of benzene rings is 5. The van der Waals surface area contributed by atoms with Crippen LogP contribution in [0.4, 0.5) is 0 Å². The minimum absolute atomic E-state index is 0.675. The summed E-state index contributed by atoms with van der Waals surface area (Å²) in [5, 5.41) is 12.7. The lowest BCUT2D eigenvalue weighted by Gasteiger charge is -2.09. The Morgan fingerprint density at radius 2 is 1.32 bits per heavy atom. The molecule has 0 saturated heterocycles. The standard InChI is InChI=1S/C35H23NO/c36-22-23-11-13-24(14-12-23)25-5-3-6-26(19-25)27-15-16-29-21-30(18-17-28(29)20-27)31-8-4-9-33-32-7-1-2-10-34(32)37-35(31)33/h2-6,8-21H,1,7H2. The second-order valence-electron chi connectivity index (χ2n) is 9.61. The minimum Gasteiger partial charge on any atom is -0.456 e. The van der Waals surface area contributed by atoms with Gasteiger partial charge >= 0.3 is 0 Å². The quantitative estimate of drug-likeness (QED) is 0.257. The van der Waals surface area contributed by atoms with Crippen molar-refractivity contribution in [3.63, 3.8) is 0 Å². The third kappa shape index (κ3) is 3.73. The number of furan rings is 1. The number of nitriles is 1. The minimum atomic E-state index is 0.675. The van der Waals surface area contributed by atoms with Gasteiger partial charge in [0.25, 0.3) is 0 Å². The number of para-hydroxylation sites is 1. The molecule has 0 radical (unpaired) electrons. The van der Waals surface area contributed by atoms with E-state index in [0.717, 1.165) is 40.9 Å². The Morgan fingerprint density at radius 1 is 0.649 bits per heavy atom. The average molecular weight is 474 g/mol. The molecule has 7 rings (SSSR count). The first kappa shape index (κ1) is 21.4. The highest BCUT2D eigenvalue weighted by atomic mass is 16.3. The highest BCUT2D eigenvalue weighted by Crippen LogP contribution is 2.38. The van der Waals surface area contributed by atoms with Gasteiger partial charge in [-0.15, -0.1) is 0 Å². The molecule has 37 heavy (non-hydrogen) atoms. The van der Waals surface area contributed by atoms with Gasteiger partial charge in [0.2, 0.25) is 0 Å². The highest BCUT2D eigenvalue weighted by Gasteiger charge is 2.17. The van der Waals surface area contributed by atoms with Crippen molar-refractivity contribution in [3.05, 3.63) is 126 Å². The molecule has 0 amide bonds. The predicted molar refractivity (Wildman–Crippen MR) is 152 cm³/mol. The number of rotatable bonds is 3. The zero-order valence-electron chi connectivity index (χ0n) is 20.2. The van der Waals surface area contributed by atoms with Gasteiger partial charge in [-0.1, -0.05) is 78.9 Å². The zero-order chi connectivity index (χ0) is 24.8. The van der Waals surface area contributed by atoms with E-state index in [9.17, 15) is 0 Å². The number of hydrogen-bond donors (Lipinski definition) is 0. The number of aryl methyl sites for hydroxylation is 1. The number of fused-ring (bicyclic) bond motifs is 4. The van der Waals surface area contributed by atoms with Gasteiger partial charge in [0, 0.05) is 16.5 Å². The van der Waals surface area contributed by atoms with E-state index in [-0.39, 0.29) is 0 Å². The summed E-state index contributed by atoms with van der Waals surface area (Å²) in [7, 11) is 0. The SMILES string of the molecule is N#Cc1ccc(-c2cccc(-c3ccc4cc(-c5cccc6c7c(oc56)C=CCC7)ccc4c3)c2)cc1. The molecule has 0 saturated carbocycles. The fourth-order valence-corrected chi connectivity index (χ4v) is 5.44. The van der Waals surface area contributed by atoms with Gasteiger partial charge < -0.3 is 4.42 Å². The largest absolute Gasteiger partial charge is 0.456 e. The van der Waals surface area contributed by atoms with E-state index in [2.05, 4.69) is 97.1 Å². The molecule has 1 aliphatic carbocycles. The van der Waals surface area contributed by atoms with Gasteiger partial charge in [-0.25, -0.2) is 0 Å². The van der Waals surface area contributed by atoms with Crippen LogP contribution < -0.4 is 0 Å². The fourth-order valence-electron chi connectivity index (χ4n) is 5.44. The Bertz CT molecular complexity index is 1880. The average Bonchev–Trinajstić information content (AvgIpc) is 3.36. The third-order valence-corrected chi connectivity index (χ3v) is 7.37. The molecule has 0 atom stereocenters. The molecule has 6 aromatic rings. The lowest BCUT2D eigenvalue weighted by molar-refractivity contribution is 0.596. The summed E-state index contributed by atoms with van der Waals surface area (Å²) in [6.45, 7) is 0. The van der Waals surface area contributed by atoms with Gasteiger partial charge in [-0.2, -0.15) is 5.26 Å². The normalized spacial score (nSPS) is 12.5. The van der Waals surface area contributed by atoms with Crippen molar-refractivity contribution >= 4 is 27.8 Å². The van der Waals surface area contributed by atoms with E-state index in [4.69, 9.17) is 9.68 Å². The van der Waals surface area contributed by atoms with Crippen molar-refractivity contribution in [2.45, 2.75) is 12.8 Å². The molecule has 0 unspecified atom stereocenters. The van der Waals surface area contributed by atoms with Gasteiger partial charge in [0.15, 0.2) is 0 Å². The maximum absolute atomic E-state index is 9.08. The van der Waals surface area contributed by atoms with Crippen molar-refractivity contribution in [2.75, 3.05) is 0 Å². The summed E-state index contributed by atoms with van der Waals surface area (Å²) in [6, 6.07) is 38.3. The van der Waals surface area contributed by atoms with Crippen LogP contribution in [0.5, 0.6) is 0 Å². The van der Waals surface area contributed by atoms with Gasteiger partial charge in [0.1, 0.15) is 11.3 Å². The first-order chi connectivity index (χ1) is 18.3. The lowest BCUT2D eigenvalue weighted by Crippen LogP contribution is -1.89. The van der Waals surface area contributed by atoms with Crippen LogP contribution in [0.15, 0.2) is 114 Å². The molecule has 1 heterocycles. The zero-order valence-corrected chi connectivity index (χ0v) is 20.2. The van der Waals surface area contributed by atoms with Crippen LogP contribution in [0.1, 0.15) is 23.3 Å². The van der Waals surface area contributed by atoms with Crippen molar-refractivity contribution in [1.82, 2.24) is 0 Å². The van der Waals surface area contributed by atoms with Crippen molar-refractivity contribution in [2.24, 2.45) is 0 Å². The van der Waals surface area contributed by atoms with Crippen LogP contribution >= 0.6 is 0 Å². The summed E-state index contributed by atoms with van der Waals surface area (Å²) in [6.07, 6.45) is 6.41. The Balaban J connectivity index is 1.26. The second-order valence-corrected chi connectivity index (χ2v) is 9.61. The lowest BCUT2D eigenvalue weighted by atomic mass is 9.94. The molecular formula is C35H23NO. The topological polar surface area (TPSA) is 36.9 Å². The maximum Gasteiger partial charge on any atom is 0.142 e. The molecular weight excluding hydrogens is 450 g/mol. The summed E-state index contributed by atoms with van der Waals surface area (Å²) < 4.78 is 6.32. The van der Waals surface area contributed by atoms with E-state index in [1.165, 1.54) is 38.4 Å². The fraction of sp³-hybridized carbons (Fsp3) is 0.0571. The van der Waals surface area contributed by atoms with Crippen LogP contribution in [0.2, 0.25) is 0 Å². The molecule has 5 aromatic carbocycles. The predicted octanol–water partition coefficient (Wildman–Crippen LogP) is 9.42. The van der Waals surface area contributed by atoms with E-state index in [1.54, 1.807) is 0 Å². The van der Waals surface area contributed by atoms with Gasteiger partial charge in [-0.3, -0.25) is 0 Å². The number of hydrogen-bond acceptors (Lipinski definition) is 2. The summed E-state index contributed by atoms with van der Waals surface area (Å²) in [5.74, 6) is 1.00. The molecule has 0 spiro atoms. The number of nitrogens with zero attached hydrogens (tertiary/aromatic N) is 1. The Hall–Kier alpha value is -4.87. The van der Waals surface area contributed by atoms with E-state index < -0.39 is 0 Å². The molecule has 0 aliphatic heterocycles. The van der Waals surface area contributed by atoms with E-state index in [1.807, 2.05) is 24.3 Å². The van der Waals surface area contributed by atoms with Gasteiger partial charge in [0.05, 0.1) is 11.6 Å². The summed E-state index contributed by atoms with van der Waals surface area (Å²) in [5.41, 5.74) is 9.90. The smallest absolute Gasteiger partial charge is 0.142 e. The molecule has 2 heteroatoms. The van der Waals surface area contributed by atoms with E-state index in [0.29, 0.717) is 5.56 Å². The first-order valence-corrected chi connectivity index (χ1v) is 12.6. The molecule has 2 nitrogen and oxygen atoms in total. The molecule has 0 bridgehead atoms. The van der Waals surface area contributed by atoms with Crippen LogP contribution in [0.3, 0.4) is 0 Å². The highest BCUT2D eigenvalue weighted by molar-refractivity contribution is 5.99. The van der Waals surface area contributed by atoms with E-state index >= 15 is 0 Å². The molecule has 1 aliphatic rings.